The van der Waals surface area contributed by atoms with Gasteiger partial charge in [0, 0.05) is 28.7 Å². The van der Waals surface area contributed by atoms with Crippen molar-refractivity contribution in [3.05, 3.63) is 93.5 Å². The highest BCUT2D eigenvalue weighted by Gasteiger charge is 2.28. The zero-order valence-corrected chi connectivity index (χ0v) is 20.6. The third kappa shape index (κ3) is 5.55. The molecule has 0 radical (unpaired) electrons. The molecule has 3 N–H and O–H groups in total. The van der Waals surface area contributed by atoms with E-state index < -0.39 is 5.97 Å². The molecule has 174 valence electrons. The van der Waals surface area contributed by atoms with Crippen molar-refractivity contribution in [1.82, 2.24) is 4.90 Å². The van der Waals surface area contributed by atoms with E-state index in [1.165, 1.54) is 0 Å². The molecule has 3 aromatic rings. The number of carboxylic acids is 1. The summed E-state index contributed by atoms with van der Waals surface area (Å²) >= 11 is 3.47. The Balaban J connectivity index is 1.78. The minimum Gasteiger partial charge on any atom is -0.481 e. The summed E-state index contributed by atoms with van der Waals surface area (Å²) in [6.45, 7) is 0.803. The summed E-state index contributed by atoms with van der Waals surface area (Å²) in [7, 11) is 4.05. The van der Waals surface area contributed by atoms with E-state index in [1.807, 2.05) is 68.7 Å². The topological polar surface area (TPSA) is 81.7 Å². The molecule has 1 amide bonds. The molecule has 0 saturated carbocycles. The van der Waals surface area contributed by atoms with Crippen molar-refractivity contribution in [2.24, 2.45) is 0 Å². The van der Waals surface area contributed by atoms with Gasteiger partial charge in [-0.1, -0.05) is 58.4 Å². The van der Waals surface area contributed by atoms with Crippen LogP contribution in [-0.2, 0) is 22.6 Å². The molecule has 0 fully saturated rings. The number of carbonyl (C=O) groups is 2. The van der Waals surface area contributed by atoms with Crippen LogP contribution in [0.3, 0.4) is 0 Å². The molecule has 6 nitrogen and oxygen atoms in total. The van der Waals surface area contributed by atoms with Crippen LogP contribution in [0.4, 0.5) is 11.4 Å². The van der Waals surface area contributed by atoms with Crippen LogP contribution in [0.2, 0.25) is 0 Å². The average molecular weight is 520 g/mol. The second-order valence-corrected chi connectivity index (χ2v) is 9.46. The van der Waals surface area contributed by atoms with Crippen LogP contribution in [0.15, 0.2) is 71.2 Å². The fourth-order valence-corrected chi connectivity index (χ4v) is 4.38. The van der Waals surface area contributed by atoms with E-state index in [-0.39, 0.29) is 12.3 Å². The summed E-state index contributed by atoms with van der Waals surface area (Å²) in [5.41, 5.74) is 6.67. The zero-order chi connectivity index (χ0) is 24.2. The monoisotopic (exact) mass is 519 g/mol. The molecular weight excluding hydrogens is 494 g/mol. The molecule has 0 aliphatic carbocycles. The molecule has 1 heterocycles. The van der Waals surface area contributed by atoms with Crippen molar-refractivity contribution >= 4 is 50.5 Å². The Bertz CT molecular complexity index is 1270. The quantitative estimate of drug-likeness (QED) is 0.344. The van der Waals surface area contributed by atoms with Crippen molar-refractivity contribution in [1.29, 1.82) is 0 Å². The smallest absolute Gasteiger partial charge is 0.303 e. The van der Waals surface area contributed by atoms with Gasteiger partial charge in [0.15, 0.2) is 0 Å². The fourth-order valence-electron chi connectivity index (χ4n) is 4.02. The predicted octanol–water partition coefficient (Wildman–Crippen LogP) is 5.46. The van der Waals surface area contributed by atoms with Crippen molar-refractivity contribution in [2.45, 2.75) is 19.4 Å². The first-order valence-corrected chi connectivity index (χ1v) is 11.8. The van der Waals surface area contributed by atoms with Gasteiger partial charge in [-0.3, -0.25) is 9.59 Å². The number of rotatable bonds is 8. The third-order valence-electron chi connectivity index (χ3n) is 5.54. The summed E-state index contributed by atoms with van der Waals surface area (Å²) < 4.78 is 0.890. The molecule has 0 unspecified atom stereocenters. The lowest BCUT2D eigenvalue weighted by molar-refractivity contribution is -0.137. The Morgan fingerprint density at radius 1 is 1.03 bits per heavy atom. The maximum atomic E-state index is 13.1. The fraction of sp³-hybridized carbons (Fsp3) is 0.185. The van der Waals surface area contributed by atoms with Gasteiger partial charge < -0.3 is 20.6 Å². The molecule has 1 aliphatic rings. The van der Waals surface area contributed by atoms with Crippen LogP contribution in [0.25, 0.3) is 11.3 Å². The number of amides is 1. The van der Waals surface area contributed by atoms with Crippen LogP contribution in [-0.4, -0.2) is 36.0 Å². The summed E-state index contributed by atoms with van der Waals surface area (Å²) in [5.74, 6) is -0.994. The molecule has 4 rings (SSSR count). The lowest BCUT2D eigenvalue weighted by Crippen LogP contribution is -2.12. The van der Waals surface area contributed by atoms with Crippen molar-refractivity contribution in [3.63, 3.8) is 0 Å². The van der Waals surface area contributed by atoms with Gasteiger partial charge >= 0.3 is 5.97 Å². The van der Waals surface area contributed by atoms with Crippen LogP contribution < -0.4 is 10.6 Å². The molecule has 3 aromatic carbocycles. The average Bonchev–Trinajstić information content (AvgIpc) is 3.11. The lowest BCUT2D eigenvalue weighted by Gasteiger charge is -2.17. The first-order valence-electron chi connectivity index (χ1n) is 11.0. The van der Waals surface area contributed by atoms with Crippen LogP contribution >= 0.6 is 15.9 Å². The Labute approximate surface area is 207 Å². The Morgan fingerprint density at radius 3 is 2.50 bits per heavy atom. The van der Waals surface area contributed by atoms with Gasteiger partial charge in [0.1, 0.15) is 0 Å². The van der Waals surface area contributed by atoms with Crippen molar-refractivity contribution < 1.29 is 14.7 Å². The van der Waals surface area contributed by atoms with E-state index >= 15 is 0 Å². The Hall–Kier alpha value is -3.42. The van der Waals surface area contributed by atoms with Crippen LogP contribution in [0.5, 0.6) is 0 Å². The standard InChI is InChI=1S/C27H26BrN3O3/c1-31(2)16-18-4-3-5-21(14-18)29-26(19-9-6-17(7-10-19)8-13-24(32)33)25-22-12-11-20(28)15-23(22)30-27(25)34/h3-7,9-12,14-15,29H,8,13,16H2,1-2H3,(H,30,34)(H,32,33). The largest absolute Gasteiger partial charge is 0.481 e. The van der Waals surface area contributed by atoms with E-state index in [0.29, 0.717) is 17.7 Å². The van der Waals surface area contributed by atoms with Gasteiger partial charge in [-0.05, 0) is 61.5 Å². The zero-order valence-electron chi connectivity index (χ0n) is 19.1. The van der Waals surface area contributed by atoms with Gasteiger partial charge in [-0.25, -0.2) is 0 Å². The van der Waals surface area contributed by atoms with Gasteiger partial charge in [0.2, 0.25) is 0 Å². The first-order chi connectivity index (χ1) is 16.3. The molecule has 0 saturated heterocycles. The summed E-state index contributed by atoms with van der Waals surface area (Å²) in [5, 5.41) is 15.4. The highest BCUT2D eigenvalue weighted by atomic mass is 79.9. The van der Waals surface area contributed by atoms with Gasteiger partial charge in [0.05, 0.1) is 17.0 Å². The second-order valence-electron chi connectivity index (χ2n) is 8.55. The molecule has 7 heteroatoms. The molecule has 34 heavy (non-hydrogen) atoms. The number of hydrogen-bond donors (Lipinski definition) is 3. The van der Waals surface area contributed by atoms with Gasteiger partial charge in [0.25, 0.3) is 5.91 Å². The SMILES string of the molecule is CN(C)Cc1cccc(NC(=C2C(=O)Nc3cc(Br)ccc32)c2ccc(CCC(=O)O)cc2)c1. The number of hydrogen-bond acceptors (Lipinski definition) is 4. The number of halogens is 1. The summed E-state index contributed by atoms with van der Waals surface area (Å²) in [6.07, 6.45) is 0.535. The minimum atomic E-state index is -0.823. The summed E-state index contributed by atoms with van der Waals surface area (Å²) in [6, 6.07) is 21.6. The van der Waals surface area contributed by atoms with Crippen molar-refractivity contribution in [3.8, 4) is 0 Å². The predicted molar refractivity (Wildman–Crippen MR) is 139 cm³/mol. The van der Waals surface area contributed by atoms with Crippen LogP contribution in [0, 0.1) is 0 Å². The molecule has 0 bridgehead atoms. The van der Waals surface area contributed by atoms with E-state index in [2.05, 4.69) is 43.6 Å². The van der Waals surface area contributed by atoms with E-state index in [0.717, 1.165) is 44.6 Å². The Morgan fingerprint density at radius 2 is 1.79 bits per heavy atom. The maximum absolute atomic E-state index is 13.1. The molecule has 0 aromatic heterocycles. The Kier molecular flexibility index (Phi) is 7.14. The van der Waals surface area contributed by atoms with Crippen molar-refractivity contribution in [2.75, 3.05) is 24.7 Å². The van der Waals surface area contributed by atoms with Gasteiger partial charge in [-0.2, -0.15) is 0 Å². The number of carboxylic acid groups (broad SMARTS) is 1. The molecule has 0 spiro atoms. The molecule has 0 atom stereocenters. The number of fused-ring (bicyclic) bond motifs is 1. The molecule has 1 aliphatic heterocycles. The number of aryl methyl sites for hydroxylation is 1. The highest BCUT2D eigenvalue weighted by molar-refractivity contribution is 9.10. The maximum Gasteiger partial charge on any atom is 0.303 e. The minimum absolute atomic E-state index is 0.0782. The second kappa shape index (κ2) is 10.2. The first kappa shape index (κ1) is 23.7. The lowest BCUT2D eigenvalue weighted by atomic mass is 9.98. The van der Waals surface area contributed by atoms with E-state index in [4.69, 9.17) is 5.11 Å². The van der Waals surface area contributed by atoms with E-state index in [1.54, 1.807) is 0 Å². The normalized spacial score (nSPS) is 14.1. The van der Waals surface area contributed by atoms with E-state index in [9.17, 15) is 9.59 Å². The number of anilines is 2. The summed E-state index contributed by atoms with van der Waals surface area (Å²) in [4.78, 5) is 26.1. The number of nitrogens with one attached hydrogen (secondary N) is 2. The van der Waals surface area contributed by atoms with Gasteiger partial charge in [-0.15, -0.1) is 0 Å². The van der Waals surface area contributed by atoms with Crippen LogP contribution in [0.1, 0.15) is 28.7 Å². The number of carbonyl (C=O) groups excluding carboxylic acids is 1. The highest BCUT2D eigenvalue weighted by Crippen LogP contribution is 2.39. The number of benzene rings is 3. The third-order valence-corrected chi connectivity index (χ3v) is 6.03. The number of nitrogens with zero attached hydrogens (tertiary/aromatic N) is 1. The number of aliphatic carboxylic acids is 1. The molecular formula is C27H26BrN3O3.